The highest BCUT2D eigenvalue weighted by molar-refractivity contribution is 8.04. The zero-order valence-corrected chi connectivity index (χ0v) is 14.3. The van der Waals surface area contributed by atoms with Crippen molar-refractivity contribution in [2.45, 2.75) is 6.92 Å². The van der Waals surface area contributed by atoms with Crippen molar-refractivity contribution in [1.29, 1.82) is 0 Å². The molecular weight excluding hydrogens is 349 g/mol. The highest BCUT2D eigenvalue weighted by Crippen LogP contribution is 2.38. The Morgan fingerprint density at radius 2 is 1.62 bits per heavy atom. The van der Waals surface area contributed by atoms with Crippen molar-refractivity contribution in [2.75, 3.05) is 10.7 Å². The van der Waals surface area contributed by atoms with Gasteiger partial charge >= 0.3 is 0 Å². The van der Waals surface area contributed by atoms with Crippen LogP contribution in [0.5, 0.6) is 0 Å². The van der Waals surface area contributed by atoms with Crippen molar-refractivity contribution < 1.29 is 14.0 Å². The first-order chi connectivity index (χ1) is 11.5. The molecule has 3 rings (SSSR count). The van der Waals surface area contributed by atoms with E-state index >= 15 is 0 Å². The van der Waals surface area contributed by atoms with Crippen LogP contribution in [0.25, 0.3) is 5.57 Å². The number of hydrogen-bond acceptors (Lipinski definition) is 3. The van der Waals surface area contributed by atoms with Gasteiger partial charge in [0.05, 0.1) is 16.2 Å². The molecule has 2 amide bonds. The number of benzene rings is 2. The number of carbonyl (C=O) groups excluding carboxylic acids is 2. The first-order valence-corrected chi connectivity index (χ1v) is 8.66. The zero-order valence-electron chi connectivity index (χ0n) is 12.8. The predicted molar refractivity (Wildman–Crippen MR) is 95.4 cm³/mol. The third-order valence-electron chi connectivity index (χ3n) is 3.55. The predicted octanol–water partition coefficient (Wildman–Crippen LogP) is 4.52. The van der Waals surface area contributed by atoms with Crippen LogP contribution in [-0.2, 0) is 9.59 Å². The van der Waals surface area contributed by atoms with Crippen molar-refractivity contribution in [3.63, 3.8) is 0 Å². The Bertz CT molecular complexity index is 831. The van der Waals surface area contributed by atoms with Crippen LogP contribution >= 0.6 is 23.4 Å². The highest BCUT2D eigenvalue weighted by atomic mass is 35.5. The molecular formula is C18H13ClFNO2S. The van der Waals surface area contributed by atoms with Gasteiger partial charge in [0, 0.05) is 5.02 Å². The highest BCUT2D eigenvalue weighted by Gasteiger charge is 2.39. The molecule has 2 aromatic carbocycles. The summed E-state index contributed by atoms with van der Waals surface area (Å²) in [7, 11) is 0. The average molecular weight is 362 g/mol. The molecule has 0 aliphatic carbocycles. The van der Waals surface area contributed by atoms with Crippen molar-refractivity contribution in [3.8, 4) is 0 Å². The summed E-state index contributed by atoms with van der Waals surface area (Å²) in [4.78, 5) is 27.1. The third kappa shape index (κ3) is 2.97. The van der Waals surface area contributed by atoms with E-state index in [0.29, 0.717) is 32.5 Å². The van der Waals surface area contributed by atoms with Crippen LogP contribution in [0.15, 0.2) is 53.4 Å². The van der Waals surface area contributed by atoms with Crippen molar-refractivity contribution in [2.24, 2.45) is 0 Å². The van der Waals surface area contributed by atoms with Crippen LogP contribution in [-0.4, -0.2) is 17.6 Å². The Morgan fingerprint density at radius 3 is 2.21 bits per heavy atom. The molecule has 2 aromatic rings. The molecule has 0 fully saturated rings. The number of carbonyl (C=O) groups is 2. The SMILES string of the molecule is CCSC1=C(c2ccc(Cl)cc2)C(=O)N(c2ccc(F)cc2)C1=O. The van der Waals surface area contributed by atoms with E-state index in [1.54, 1.807) is 24.3 Å². The maximum atomic E-state index is 13.1. The van der Waals surface area contributed by atoms with Crippen molar-refractivity contribution >= 4 is 46.4 Å². The topological polar surface area (TPSA) is 37.4 Å². The average Bonchev–Trinajstić information content (AvgIpc) is 2.81. The van der Waals surface area contributed by atoms with Gasteiger partial charge in [0.2, 0.25) is 0 Å². The van der Waals surface area contributed by atoms with Gasteiger partial charge in [0.1, 0.15) is 5.82 Å². The molecule has 0 N–H and O–H groups in total. The monoisotopic (exact) mass is 361 g/mol. The normalized spacial score (nSPS) is 14.7. The summed E-state index contributed by atoms with van der Waals surface area (Å²) in [6.07, 6.45) is 0. The fourth-order valence-corrected chi connectivity index (χ4v) is 3.46. The number of amides is 2. The summed E-state index contributed by atoms with van der Waals surface area (Å²) in [5.41, 5.74) is 1.34. The lowest BCUT2D eigenvalue weighted by Gasteiger charge is -2.15. The largest absolute Gasteiger partial charge is 0.272 e. The lowest BCUT2D eigenvalue weighted by Crippen LogP contribution is -2.31. The second-order valence-electron chi connectivity index (χ2n) is 5.07. The third-order valence-corrected chi connectivity index (χ3v) is 4.76. The van der Waals surface area contributed by atoms with E-state index in [9.17, 15) is 14.0 Å². The molecule has 0 saturated carbocycles. The Hall–Kier alpha value is -2.11. The van der Waals surface area contributed by atoms with Gasteiger partial charge in [-0.2, -0.15) is 0 Å². The number of hydrogen-bond donors (Lipinski definition) is 0. The van der Waals surface area contributed by atoms with Gasteiger partial charge in [0.25, 0.3) is 11.8 Å². The van der Waals surface area contributed by atoms with E-state index in [1.807, 2.05) is 6.92 Å². The number of rotatable bonds is 4. The lowest BCUT2D eigenvalue weighted by molar-refractivity contribution is -0.119. The number of anilines is 1. The van der Waals surface area contributed by atoms with E-state index in [1.165, 1.54) is 36.0 Å². The van der Waals surface area contributed by atoms with Gasteiger partial charge < -0.3 is 0 Å². The summed E-state index contributed by atoms with van der Waals surface area (Å²) in [6.45, 7) is 1.91. The second kappa shape index (κ2) is 6.79. The molecule has 1 aliphatic rings. The standard InChI is InChI=1S/C18H13ClFNO2S/c1-2-24-16-15(11-3-5-12(19)6-4-11)17(22)21(18(16)23)14-9-7-13(20)8-10-14/h3-10H,2H2,1H3. The summed E-state index contributed by atoms with van der Waals surface area (Å²) in [6, 6.07) is 12.1. The Kier molecular flexibility index (Phi) is 4.73. The van der Waals surface area contributed by atoms with E-state index in [0.717, 1.165) is 4.90 Å². The van der Waals surface area contributed by atoms with Gasteiger partial charge in [-0.25, -0.2) is 9.29 Å². The van der Waals surface area contributed by atoms with E-state index in [4.69, 9.17) is 11.6 Å². The number of nitrogens with zero attached hydrogens (tertiary/aromatic N) is 1. The molecule has 0 atom stereocenters. The molecule has 1 aliphatic heterocycles. The van der Waals surface area contributed by atoms with Crippen LogP contribution in [0.1, 0.15) is 12.5 Å². The molecule has 3 nitrogen and oxygen atoms in total. The van der Waals surface area contributed by atoms with E-state index < -0.39 is 11.7 Å². The van der Waals surface area contributed by atoms with Crippen LogP contribution in [0.4, 0.5) is 10.1 Å². The van der Waals surface area contributed by atoms with Crippen LogP contribution in [0.3, 0.4) is 0 Å². The minimum atomic E-state index is -0.424. The summed E-state index contributed by atoms with van der Waals surface area (Å²) in [5.74, 6) is -0.567. The molecule has 0 aromatic heterocycles. The second-order valence-corrected chi connectivity index (χ2v) is 6.78. The van der Waals surface area contributed by atoms with Gasteiger partial charge in [-0.3, -0.25) is 9.59 Å². The molecule has 6 heteroatoms. The van der Waals surface area contributed by atoms with Gasteiger partial charge in [-0.15, -0.1) is 11.8 Å². The minimum Gasteiger partial charge on any atom is -0.268 e. The number of halogens is 2. The van der Waals surface area contributed by atoms with Gasteiger partial charge in [-0.05, 0) is 47.7 Å². The first kappa shape index (κ1) is 16.7. The Balaban J connectivity index is 2.07. The van der Waals surface area contributed by atoms with E-state index in [2.05, 4.69) is 0 Å². The molecule has 0 radical (unpaired) electrons. The van der Waals surface area contributed by atoms with Crippen LogP contribution < -0.4 is 4.90 Å². The summed E-state index contributed by atoms with van der Waals surface area (Å²) < 4.78 is 13.1. The molecule has 0 saturated heterocycles. The molecule has 1 heterocycles. The molecule has 122 valence electrons. The maximum Gasteiger partial charge on any atom is 0.272 e. The summed E-state index contributed by atoms with van der Waals surface area (Å²) in [5, 5.41) is 0.552. The Morgan fingerprint density at radius 1 is 1.00 bits per heavy atom. The molecule has 24 heavy (non-hydrogen) atoms. The van der Waals surface area contributed by atoms with Gasteiger partial charge in [0.15, 0.2) is 0 Å². The first-order valence-electron chi connectivity index (χ1n) is 7.30. The number of imide groups is 1. The van der Waals surface area contributed by atoms with E-state index in [-0.39, 0.29) is 5.91 Å². The molecule has 0 bridgehead atoms. The number of thioether (sulfide) groups is 1. The lowest BCUT2D eigenvalue weighted by atomic mass is 10.1. The maximum absolute atomic E-state index is 13.1. The van der Waals surface area contributed by atoms with Crippen LogP contribution in [0, 0.1) is 5.82 Å². The van der Waals surface area contributed by atoms with Crippen molar-refractivity contribution in [1.82, 2.24) is 0 Å². The Labute approximate surface area is 148 Å². The summed E-state index contributed by atoms with van der Waals surface area (Å²) >= 11 is 7.22. The smallest absolute Gasteiger partial charge is 0.268 e. The quantitative estimate of drug-likeness (QED) is 0.751. The minimum absolute atomic E-state index is 0.351. The fourth-order valence-electron chi connectivity index (χ4n) is 2.48. The van der Waals surface area contributed by atoms with Crippen LogP contribution in [0.2, 0.25) is 5.02 Å². The molecule has 0 spiro atoms. The van der Waals surface area contributed by atoms with Crippen molar-refractivity contribution in [3.05, 3.63) is 69.8 Å². The zero-order chi connectivity index (χ0) is 17.3. The fraction of sp³-hybridized carbons (Fsp3) is 0.111. The molecule has 0 unspecified atom stereocenters. The van der Waals surface area contributed by atoms with Gasteiger partial charge in [-0.1, -0.05) is 30.7 Å².